The van der Waals surface area contributed by atoms with Crippen molar-refractivity contribution in [1.29, 1.82) is 0 Å². The zero-order valence-corrected chi connectivity index (χ0v) is 13.8. The highest BCUT2D eigenvalue weighted by Crippen LogP contribution is 2.32. The smallest absolute Gasteiger partial charge is 0.161 e. The van der Waals surface area contributed by atoms with Crippen molar-refractivity contribution in [2.45, 2.75) is 33.7 Å². The van der Waals surface area contributed by atoms with Gasteiger partial charge in [-0.05, 0) is 62.1 Å². The molecule has 2 aromatic rings. The molecule has 0 aromatic heterocycles. The van der Waals surface area contributed by atoms with Crippen molar-refractivity contribution in [3.63, 3.8) is 0 Å². The summed E-state index contributed by atoms with van der Waals surface area (Å²) in [4.78, 5) is 0. The number of hydrogen-bond donors (Lipinski definition) is 1. The minimum absolute atomic E-state index is 0.172. The van der Waals surface area contributed by atoms with Crippen LogP contribution in [-0.4, -0.2) is 13.2 Å². The molecule has 0 aliphatic heterocycles. The molecule has 0 fully saturated rings. The van der Waals surface area contributed by atoms with E-state index < -0.39 is 0 Å². The van der Waals surface area contributed by atoms with Gasteiger partial charge < -0.3 is 15.2 Å². The highest BCUT2D eigenvalue weighted by molar-refractivity contribution is 5.46. The number of aryl methyl sites for hydroxylation is 2. The van der Waals surface area contributed by atoms with Crippen molar-refractivity contribution >= 4 is 0 Å². The molecule has 0 radical (unpaired) electrons. The molecule has 22 heavy (non-hydrogen) atoms. The molecule has 0 saturated heterocycles. The van der Waals surface area contributed by atoms with E-state index >= 15 is 0 Å². The molecule has 0 spiro atoms. The molecular weight excluding hydrogens is 274 g/mol. The van der Waals surface area contributed by atoms with Crippen LogP contribution in [0.4, 0.5) is 0 Å². The molecule has 3 heteroatoms. The minimum Gasteiger partial charge on any atom is -0.490 e. The van der Waals surface area contributed by atoms with E-state index in [1.165, 1.54) is 11.1 Å². The van der Waals surface area contributed by atoms with Crippen molar-refractivity contribution in [2.75, 3.05) is 13.2 Å². The molecule has 118 valence electrons. The van der Waals surface area contributed by atoms with Gasteiger partial charge in [0.1, 0.15) is 0 Å². The summed E-state index contributed by atoms with van der Waals surface area (Å²) in [5, 5.41) is 0. The molecule has 0 amide bonds. The summed E-state index contributed by atoms with van der Waals surface area (Å²) >= 11 is 0. The summed E-state index contributed by atoms with van der Waals surface area (Å²) in [5.41, 5.74) is 11.1. The topological polar surface area (TPSA) is 44.5 Å². The number of ether oxygens (including phenoxy) is 2. The molecule has 2 N–H and O–H groups in total. The van der Waals surface area contributed by atoms with Crippen molar-refractivity contribution in [3.05, 3.63) is 58.7 Å². The zero-order chi connectivity index (χ0) is 16.1. The van der Waals surface area contributed by atoms with Crippen molar-refractivity contribution in [2.24, 2.45) is 5.73 Å². The quantitative estimate of drug-likeness (QED) is 0.871. The van der Waals surface area contributed by atoms with Crippen LogP contribution in [0.5, 0.6) is 11.5 Å². The Morgan fingerprint density at radius 2 is 1.41 bits per heavy atom. The van der Waals surface area contributed by atoms with E-state index in [9.17, 15) is 0 Å². The Bertz CT molecular complexity index is 637. The first-order valence-corrected chi connectivity index (χ1v) is 7.79. The van der Waals surface area contributed by atoms with Gasteiger partial charge in [-0.25, -0.2) is 0 Å². The molecule has 1 unspecified atom stereocenters. The zero-order valence-electron chi connectivity index (χ0n) is 13.8. The maximum Gasteiger partial charge on any atom is 0.161 e. The van der Waals surface area contributed by atoms with Crippen LogP contribution in [0.1, 0.15) is 42.1 Å². The minimum atomic E-state index is -0.172. The maximum atomic E-state index is 6.43. The fourth-order valence-electron chi connectivity index (χ4n) is 2.41. The second kappa shape index (κ2) is 7.32. The molecule has 2 aromatic carbocycles. The maximum absolute atomic E-state index is 6.43. The fraction of sp³-hybridized carbons (Fsp3) is 0.368. The van der Waals surface area contributed by atoms with Crippen LogP contribution in [0.2, 0.25) is 0 Å². The van der Waals surface area contributed by atoms with Gasteiger partial charge in [-0.1, -0.05) is 24.3 Å². The van der Waals surface area contributed by atoms with Crippen LogP contribution in [0.3, 0.4) is 0 Å². The Hall–Kier alpha value is -2.00. The van der Waals surface area contributed by atoms with Gasteiger partial charge in [0.25, 0.3) is 0 Å². The van der Waals surface area contributed by atoms with Crippen LogP contribution in [0, 0.1) is 13.8 Å². The SMILES string of the molecule is CCOc1ccc(C(N)c2ccc(C)c(C)c2)cc1OCC. The highest BCUT2D eigenvalue weighted by atomic mass is 16.5. The lowest BCUT2D eigenvalue weighted by Crippen LogP contribution is -2.12. The van der Waals surface area contributed by atoms with E-state index in [1.807, 2.05) is 32.0 Å². The molecule has 0 heterocycles. The molecule has 0 aliphatic carbocycles. The first-order chi connectivity index (χ1) is 10.6. The van der Waals surface area contributed by atoms with Crippen molar-refractivity contribution in [1.82, 2.24) is 0 Å². The third-order valence-electron chi connectivity index (χ3n) is 3.82. The molecule has 2 rings (SSSR count). The summed E-state index contributed by atoms with van der Waals surface area (Å²) in [6.45, 7) is 9.35. The van der Waals surface area contributed by atoms with Gasteiger partial charge in [-0.3, -0.25) is 0 Å². The first-order valence-electron chi connectivity index (χ1n) is 7.79. The van der Waals surface area contributed by atoms with Crippen LogP contribution < -0.4 is 15.2 Å². The summed E-state index contributed by atoms with van der Waals surface area (Å²) in [6.07, 6.45) is 0. The average molecular weight is 299 g/mol. The molecule has 0 saturated carbocycles. The van der Waals surface area contributed by atoms with E-state index in [0.717, 1.165) is 22.6 Å². The molecule has 0 bridgehead atoms. The molecule has 3 nitrogen and oxygen atoms in total. The van der Waals surface area contributed by atoms with E-state index in [2.05, 4.69) is 32.0 Å². The largest absolute Gasteiger partial charge is 0.490 e. The van der Waals surface area contributed by atoms with Crippen molar-refractivity contribution < 1.29 is 9.47 Å². The van der Waals surface area contributed by atoms with Gasteiger partial charge in [0, 0.05) is 0 Å². The monoisotopic (exact) mass is 299 g/mol. The number of rotatable bonds is 6. The summed E-state index contributed by atoms with van der Waals surface area (Å²) in [7, 11) is 0. The molecular formula is C19H25NO2. The lowest BCUT2D eigenvalue weighted by molar-refractivity contribution is 0.287. The van der Waals surface area contributed by atoms with Gasteiger partial charge in [-0.15, -0.1) is 0 Å². The first kappa shape index (κ1) is 16.4. The van der Waals surface area contributed by atoms with Crippen LogP contribution in [0.15, 0.2) is 36.4 Å². The lowest BCUT2D eigenvalue weighted by Gasteiger charge is -2.17. The number of nitrogens with two attached hydrogens (primary N) is 1. The highest BCUT2D eigenvalue weighted by Gasteiger charge is 2.13. The third-order valence-corrected chi connectivity index (χ3v) is 3.82. The third kappa shape index (κ3) is 3.60. The van der Waals surface area contributed by atoms with Gasteiger partial charge in [0.05, 0.1) is 19.3 Å². The Balaban J connectivity index is 2.34. The fourth-order valence-corrected chi connectivity index (χ4v) is 2.41. The second-order valence-electron chi connectivity index (χ2n) is 5.39. The Labute approximate surface area is 133 Å². The van der Waals surface area contributed by atoms with Crippen LogP contribution in [0.25, 0.3) is 0 Å². The Morgan fingerprint density at radius 1 is 0.818 bits per heavy atom. The predicted molar refractivity (Wildman–Crippen MR) is 90.7 cm³/mol. The van der Waals surface area contributed by atoms with E-state index in [4.69, 9.17) is 15.2 Å². The van der Waals surface area contributed by atoms with E-state index in [-0.39, 0.29) is 6.04 Å². The average Bonchev–Trinajstić information content (AvgIpc) is 2.51. The summed E-state index contributed by atoms with van der Waals surface area (Å²) in [6, 6.07) is 12.1. The van der Waals surface area contributed by atoms with Crippen molar-refractivity contribution in [3.8, 4) is 11.5 Å². The van der Waals surface area contributed by atoms with Gasteiger partial charge in [-0.2, -0.15) is 0 Å². The summed E-state index contributed by atoms with van der Waals surface area (Å²) < 4.78 is 11.3. The predicted octanol–water partition coefficient (Wildman–Crippen LogP) is 4.15. The normalized spacial score (nSPS) is 12.0. The van der Waals surface area contributed by atoms with Gasteiger partial charge >= 0.3 is 0 Å². The number of benzene rings is 2. The standard InChI is InChI=1S/C19H25NO2/c1-5-21-17-10-9-16(12-18(17)22-6-2)19(20)15-8-7-13(3)14(4)11-15/h7-12,19H,5-6,20H2,1-4H3. The summed E-state index contributed by atoms with van der Waals surface area (Å²) in [5.74, 6) is 1.52. The van der Waals surface area contributed by atoms with Gasteiger partial charge in [0.2, 0.25) is 0 Å². The second-order valence-corrected chi connectivity index (χ2v) is 5.39. The van der Waals surface area contributed by atoms with Crippen LogP contribution in [-0.2, 0) is 0 Å². The Kier molecular flexibility index (Phi) is 5.45. The lowest BCUT2D eigenvalue weighted by atomic mass is 9.96. The number of hydrogen-bond acceptors (Lipinski definition) is 3. The molecule has 1 atom stereocenters. The van der Waals surface area contributed by atoms with E-state index in [1.54, 1.807) is 0 Å². The Morgan fingerprint density at radius 3 is 2.05 bits per heavy atom. The van der Waals surface area contributed by atoms with E-state index in [0.29, 0.717) is 13.2 Å². The van der Waals surface area contributed by atoms with Crippen LogP contribution >= 0.6 is 0 Å². The van der Waals surface area contributed by atoms with Gasteiger partial charge in [0.15, 0.2) is 11.5 Å². The molecule has 0 aliphatic rings.